The van der Waals surface area contributed by atoms with Crippen LogP contribution in [0.15, 0.2) is 53.9 Å². The summed E-state index contributed by atoms with van der Waals surface area (Å²) in [5, 5.41) is 8.07. The van der Waals surface area contributed by atoms with E-state index in [1.54, 1.807) is 17.4 Å². The van der Waals surface area contributed by atoms with E-state index in [9.17, 15) is 9.59 Å². The molecule has 0 bridgehead atoms. The Morgan fingerprint density at radius 2 is 1.88 bits per heavy atom. The topological polar surface area (TPSA) is 67.4 Å². The number of nitrogens with one attached hydrogen (secondary N) is 2. The van der Waals surface area contributed by atoms with Gasteiger partial charge >= 0.3 is 0 Å². The molecule has 0 saturated heterocycles. The summed E-state index contributed by atoms with van der Waals surface area (Å²) in [6, 6.07) is 16.1. The van der Waals surface area contributed by atoms with Gasteiger partial charge in [-0.1, -0.05) is 24.3 Å². The average molecular weight is 447 g/mol. The van der Waals surface area contributed by atoms with Gasteiger partial charge in [-0.15, -0.1) is 11.3 Å². The predicted molar refractivity (Wildman–Crippen MR) is 126 cm³/mol. The van der Waals surface area contributed by atoms with E-state index in [0.717, 1.165) is 34.5 Å². The first-order valence-electron chi connectivity index (χ1n) is 11.2. The van der Waals surface area contributed by atoms with Crippen LogP contribution in [0.4, 0.5) is 5.69 Å². The minimum absolute atomic E-state index is 0.0346. The third-order valence-electron chi connectivity index (χ3n) is 6.18. The molecule has 6 heteroatoms. The van der Waals surface area contributed by atoms with Crippen molar-refractivity contribution in [1.29, 1.82) is 0 Å². The highest BCUT2D eigenvalue weighted by atomic mass is 32.1. The van der Waals surface area contributed by atoms with Crippen LogP contribution < -0.4 is 15.4 Å². The number of benzene rings is 2. The van der Waals surface area contributed by atoms with E-state index >= 15 is 0 Å². The zero-order valence-electron chi connectivity index (χ0n) is 17.9. The first-order chi connectivity index (χ1) is 15.7. The molecule has 2 N–H and O–H groups in total. The molecule has 0 fully saturated rings. The molecule has 1 aliphatic carbocycles. The number of rotatable bonds is 6. The van der Waals surface area contributed by atoms with Crippen molar-refractivity contribution >= 4 is 28.8 Å². The molecule has 2 aliphatic rings. The molecule has 1 unspecified atom stereocenters. The van der Waals surface area contributed by atoms with E-state index in [1.165, 1.54) is 24.0 Å². The second-order valence-corrected chi connectivity index (χ2v) is 9.39. The minimum atomic E-state index is -0.183. The van der Waals surface area contributed by atoms with Gasteiger partial charge in [-0.3, -0.25) is 9.59 Å². The van der Waals surface area contributed by atoms with E-state index in [0.29, 0.717) is 18.6 Å². The molecule has 0 saturated carbocycles. The number of aryl methyl sites for hydroxylation is 3. The summed E-state index contributed by atoms with van der Waals surface area (Å²) < 4.78 is 5.78. The van der Waals surface area contributed by atoms with Crippen molar-refractivity contribution < 1.29 is 14.3 Å². The van der Waals surface area contributed by atoms with Gasteiger partial charge in [0.05, 0.1) is 6.04 Å². The lowest BCUT2D eigenvalue weighted by Crippen LogP contribution is -2.33. The van der Waals surface area contributed by atoms with E-state index in [4.69, 9.17) is 4.74 Å². The molecule has 1 atom stereocenters. The molecule has 3 aromatic rings. The van der Waals surface area contributed by atoms with Crippen LogP contribution in [0.1, 0.15) is 52.4 Å². The van der Waals surface area contributed by atoms with Crippen molar-refractivity contribution in [3.8, 4) is 5.75 Å². The number of fused-ring (bicyclic) bond motifs is 2. The highest BCUT2D eigenvalue weighted by Gasteiger charge is 2.21. The van der Waals surface area contributed by atoms with Crippen LogP contribution in [0.25, 0.3) is 0 Å². The maximum Gasteiger partial charge on any atom is 0.258 e. The number of carbonyl (C=O) groups is 2. The zero-order chi connectivity index (χ0) is 21.9. The molecule has 32 heavy (non-hydrogen) atoms. The number of hydrogen-bond acceptors (Lipinski definition) is 4. The van der Waals surface area contributed by atoms with Crippen molar-refractivity contribution in [1.82, 2.24) is 5.32 Å². The fraction of sp³-hybridized carbons (Fsp3) is 0.308. The monoisotopic (exact) mass is 446 g/mol. The second-order valence-electron chi connectivity index (χ2n) is 8.41. The SMILES string of the molecule is O=C1CCc2cc(OCC(=O)NC(c3ccc4c(c3)CCCC4)c3cccs3)ccc2N1. The lowest BCUT2D eigenvalue weighted by atomic mass is 9.89. The summed E-state index contributed by atoms with van der Waals surface area (Å²) in [6.07, 6.45) is 5.89. The number of thiophene rings is 1. The van der Waals surface area contributed by atoms with Gasteiger partial charge in [-0.2, -0.15) is 0 Å². The standard InChI is InChI=1S/C26H26N2O3S/c29-24-12-9-19-15-21(10-11-22(19)27-24)31-16-25(30)28-26(23-6-3-13-32-23)20-8-7-17-4-1-2-5-18(17)14-20/h3,6-8,10-11,13-15,26H,1-2,4-5,9,12,16H2,(H,27,29)(H,28,30). The van der Waals surface area contributed by atoms with Crippen LogP contribution in [0.2, 0.25) is 0 Å². The predicted octanol–water partition coefficient (Wildman–Crippen LogP) is 4.80. The van der Waals surface area contributed by atoms with Gasteiger partial charge in [0.1, 0.15) is 5.75 Å². The number of anilines is 1. The number of amides is 2. The van der Waals surface area contributed by atoms with E-state index in [-0.39, 0.29) is 24.5 Å². The summed E-state index contributed by atoms with van der Waals surface area (Å²) >= 11 is 1.65. The summed E-state index contributed by atoms with van der Waals surface area (Å²) in [5.74, 6) is 0.510. The summed E-state index contributed by atoms with van der Waals surface area (Å²) in [7, 11) is 0. The fourth-order valence-corrected chi connectivity index (χ4v) is 5.31. The Morgan fingerprint density at radius 1 is 1.00 bits per heavy atom. The van der Waals surface area contributed by atoms with Gasteiger partial charge < -0.3 is 15.4 Å². The summed E-state index contributed by atoms with van der Waals surface area (Å²) in [5.41, 5.74) is 5.81. The van der Waals surface area contributed by atoms with Crippen LogP contribution in [-0.4, -0.2) is 18.4 Å². The Balaban J connectivity index is 1.28. The normalized spacial score (nSPS) is 15.8. The Bertz CT molecular complexity index is 1140. The van der Waals surface area contributed by atoms with Gasteiger partial charge in [-0.05, 0) is 84.0 Å². The number of ether oxygens (including phenoxy) is 1. The maximum atomic E-state index is 12.8. The zero-order valence-corrected chi connectivity index (χ0v) is 18.7. The lowest BCUT2D eigenvalue weighted by Gasteiger charge is -2.22. The molecule has 5 nitrogen and oxygen atoms in total. The highest BCUT2D eigenvalue weighted by Crippen LogP contribution is 2.30. The van der Waals surface area contributed by atoms with Crippen LogP contribution >= 0.6 is 11.3 Å². The lowest BCUT2D eigenvalue weighted by molar-refractivity contribution is -0.123. The van der Waals surface area contributed by atoms with Crippen LogP contribution in [0, 0.1) is 0 Å². The minimum Gasteiger partial charge on any atom is -0.484 e. The number of carbonyl (C=O) groups excluding carboxylic acids is 2. The quantitative estimate of drug-likeness (QED) is 0.572. The first kappa shape index (κ1) is 20.8. The highest BCUT2D eigenvalue weighted by molar-refractivity contribution is 7.10. The molecular formula is C26H26N2O3S. The van der Waals surface area contributed by atoms with Gasteiger partial charge in [0.25, 0.3) is 5.91 Å². The molecule has 2 heterocycles. The van der Waals surface area contributed by atoms with E-state index in [1.807, 2.05) is 23.6 Å². The van der Waals surface area contributed by atoms with Crippen LogP contribution in [-0.2, 0) is 28.9 Å². The fourth-order valence-electron chi connectivity index (χ4n) is 4.51. The Morgan fingerprint density at radius 3 is 2.72 bits per heavy atom. The van der Waals surface area contributed by atoms with Gasteiger partial charge in [0, 0.05) is 17.0 Å². The molecular weight excluding hydrogens is 420 g/mol. The third-order valence-corrected chi connectivity index (χ3v) is 7.12. The van der Waals surface area contributed by atoms with Gasteiger partial charge in [0.2, 0.25) is 5.91 Å². The van der Waals surface area contributed by atoms with Crippen molar-refractivity contribution in [2.75, 3.05) is 11.9 Å². The molecule has 1 aliphatic heterocycles. The molecule has 2 amide bonds. The molecule has 0 radical (unpaired) electrons. The van der Waals surface area contributed by atoms with Crippen LogP contribution in [0.3, 0.4) is 0 Å². The smallest absolute Gasteiger partial charge is 0.258 e. The van der Waals surface area contributed by atoms with E-state index < -0.39 is 0 Å². The maximum absolute atomic E-state index is 12.8. The Labute approximate surface area is 191 Å². The molecule has 5 rings (SSSR count). The third kappa shape index (κ3) is 4.55. The van der Waals surface area contributed by atoms with Crippen molar-refractivity contribution in [2.24, 2.45) is 0 Å². The van der Waals surface area contributed by atoms with Crippen molar-refractivity contribution in [3.05, 3.63) is 81.0 Å². The van der Waals surface area contributed by atoms with Crippen molar-refractivity contribution in [3.63, 3.8) is 0 Å². The number of hydrogen-bond donors (Lipinski definition) is 2. The largest absolute Gasteiger partial charge is 0.484 e. The first-order valence-corrected chi connectivity index (χ1v) is 12.0. The van der Waals surface area contributed by atoms with Gasteiger partial charge in [0.15, 0.2) is 6.61 Å². The molecule has 164 valence electrons. The Hall–Kier alpha value is -3.12. The van der Waals surface area contributed by atoms with Crippen LogP contribution in [0.5, 0.6) is 5.75 Å². The molecule has 2 aromatic carbocycles. The molecule has 1 aromatic heterocycles. The summed E-state index contributed by atoms with van der Waals surface area (Å²) in [4.78, 5) is 25.5. The van der Waals surface area contributed by atoms with Gasteiger partial charge in [-0.25, -0.2) is 0 Å². The summed E-state index contributed by atoms with van der Waals surface area (Å²) in [6.45, 7) is -0.0576. The van der Waals surface area contributed by atoms with E-state index in [2.05, 4.69) is 34.9 Å². The average Bonchev–Trinajstić information content (AvgIpc) is 3.35. The second kappa shape index (κ2) is 9.17. The Kier molecular flexibility index (Phi) is 5.95. The molecule has 0 spiro atoms. The van der Waals surface area contributed by atoms with Crippen molar-refractivity contribution in [2.45, 2.75) is 44.6 Å².